The van der Waals surface area contributed by atoms with Crippen molar-refractivity contribution in [1.82, 2.24) is 0 Å². The van der Waals surface area contributed by atoms with Gasteiger partial charge in [-0.25, -0.2) is 9.13 Å². The van der Waals surface area contributed by atoms with Gasteiger partial charge in [0.25, 0.3) is 0 Å². The second-order valence-corrected chi connectivity index (χ2v) is 31.4. The van der Waals surface area contributed by atoms with Crippen LogP contribution in [0.1, 0.15) is 382 Å². The van der Waals surface area contributed by atoms with Crippen LogP contribution in [0.2, 0.25) is 0 Å². The number of unbranched alkanes of at least 4 members (excludes halogenated alkanes) is 41. The zero-order valence-electron chi connectivity index (χ0n) is 61.4. The summed E-state index contributed by atoms with van der Waals surface area (Å²) in [6, 6.07) is 0. The molecule has 0 amide bonds. The summed E-state index contributed by atoms with van der Waals surface area (Å²) < 4.78 is 68.5. The van der Waals surface area contributed by atoms with Crippen LogP contribution in [0.25, 0.3) is 0 Å². The third kappa shape index (κ3) is 68.6. The fourth-order valence-corrected chi connectivity index (χ4v) is 13.0. The molecule has 5 atom stereocenters. The highest BCUT2D eigenvalue weighted by molar-refractivity contribution is 7.47. The van der Waals surface area contributed by atoms with Crippen LogP contribution in [0.4, 0.5) is 0 Å². The van der Waals surface area contributed by atoms with E-state index in [1.807, 2.05) is 0 Å². The molecule has 0 heterocycles. The zero-order valence-corrected chi connectivity index (χ0v) is 63.2. The molecule has 3 N–H and O–H groups in total. The molecule has 0 fully saturated rings. The van der Waals surface area contributed by atoms with Gasteiger partial charge in [-0.1, -0.05) is 331 Å². The minimum atomic E-state index is -4.96. The summed E-state index contributed by atoms with van der Waals surface area (Å²) in [5.41, 5.74) is 0. The Balaban J connectivity index is 5.25. The number of carbonyl (C=O) groups is 4. The predicted octanol–water partition coefficient (Wildman–Crippen LogP) is 21.8. The van der Waals surface area contributed by atoms with Crippen molar-refractivity contribution < 1.29 is 80.2 Å². The summed E-state index contributed by atoms with van der Waals surface area (Å²) in [4.78, 5) is 72.8. The van der Waals surface area contributed by atoms with Crippen molar-refractivity contribution in [2.24, 2.45) is 17.8 Å². The third-order valence-corrected chi connectivity index (χ3v) is 19.3. The van der Waals surface area contributed by atoms with E-state index < -0.39 is 97.5 Å². The van der Waals surface area contributed by atoms with Crippen molar-refractivity contribution in [2.75, 3.05) is 39.6 Å². The molecule has 94 heavy (non-hydrogen) atoms. The maximum Gasteiger partial charge on any atom is 0.472 e. The first-order valence-corrected chi connectivity index (χ1v) is 41.8. The van der Waals surface area contributed by atoms with E-state index in [9.17, 15) is 43.2 Å². The van der Waals surface area contributed by atoms with Gasteiger partial charge in [0.2, 0.25) is 0 Å². The second kappa shape index (κ2) is 65.7. The van der Waals surface area contributed by atoms with Gasteiger partial charge in [-0.2, -0.15) is 0 Å². The number of phosphoric acid groups is 2. The first-order chi connectivity index (χ1) is 45.2. The molecule has 0 saturated heterocycles. The lowest BCUT2D eigenvalue weighted by atomic mass is 10.0. The van der Waals surface area contributed by atoms with Crippen LogP contribution < -0.4 is 0 Å². The average molecular weight is 1380 g/mol. The van der Waals surface area contributed by atoms with Crippen LogP contribution in [0, 0.1) is 17.8 Å². The van der Waals surface area contributed by atoms with Crippen LogP contribution in [0.5, 0.6) is 0 Å². The van der Waals surface area contributed by atoms with E-state index in [-0.39, 0.29) is 25.7 Å². The number of ether oxygens (including phenoxy) is 4. The maximum absolute atomic E-state index is 13.1. The first kappa shape index (κ1) is 92.1. The van der Waals surface area contributed by atoms with Gasteiger partial charge in [0.15, 0.2) is 12.2 Å². The van der Waals surface area contributed by atoms with Gasteiger partial charge in [-0.15, -0.1) is 0 Å². The molecule has 0 aromatic carbocycles. The lowest BCUT2D eigenvalue weighted by molar-refractivity contribution is -0.161. The summed E-state index contributed by atoms with van der Waals surface area (Å²) in [6.07, 6.45) is 51.3. The molecule has 2 unspecified atom stereocenters. The van der Waals surface area contributed by atoms with Gasteiger partial charge in [-0.3, -0.25) is 37.3 Å². The highest BCUT2D eigenvalue weighted by Crippen LogP contribution is 2.45. The topological polar surface area (TPSA) is 237 Å². The van der Waals surface area contributed by atoms with Crippen LogP contribution in [0.3, 0.4) is 0 Å². The number of phosphoric ester groups is 2. The van der Waals surface area contributed by atoms with Gasteiger partial charge < -0.3 is 33.8 Å². The molecule has 0 spiro atoms. The van der Waals surface area contributed by atoms with E-state index in [0.29, 0.717) is 31.6 Å². The Labute approximate surface area is 575 Å². The molecule has 0 aromatic rings. The largest absolute Gasteiger partial charge is 0.472 e. The molecule has 19 heteroatoms. The van der Waals surface area contributed by atoms with E-state index in [1.165, 1.54) is 186 Å². The van der Waals surface area contributed by atoms with E-state index in [1.54, 1.807) is 0 Å². The molecule has 0 radical (unpaired) electrons. The van der Waals surface area contributed by atoms with Crippen molar-refractivity contribution in [3.63, 3.8) is 0 Å². The number of aliphatic hydroxyl groups is 1. The molecule has 0 rings (SSSR count). The highest BCUT2D eigenvalue weighted by atomic mass is 31.2. The highest BCUT2D eigenvalue weighted by Gasteiger charge is 2.30. The number of esters is 4. The molecule has 0 aromatic heterocycles. The monoisotopic (exact) mass is 1380 g/mol. The van der Waals surface area contributed by atoms with Crippen molar-refractivity contribution in [2.45, 2.75) is 401 Å². The van der Waals surface area contributed by atoms with Crippen LogP contribution >= 0.6 is 15.6 Å². The minimum absolute atomic E-state index is 0.105. The van der Waals surface area contributed by atoms with Gasteiger partial charge >= 0.3 is 39.5 Å². The zero-order chi connectivity index (χ0) is 69.4. The Bertz CT molecular complexity index is 1840. The fraction of sp³-hybridized carbons (Fsp3) is 0.947. The number of rotatable bonds is 73. The Morgan fingerprint density at radius 2 is 0.489 bits per heavy atom. The van der Waals surface area contributed by atoms with E-state index >= 15 is 0 Å². The Hall–Kier alpha value is -1.94. The maximum atomic E-state index is 13.1. The molecule has 0 aliphatic heterocycles. The summed E-state index contributed by atoms with van der Waals surface area (Å²) in [5, 5.41) is 10.6. The summed E-state index contributed by atoms with van der Waals surface area (Å²) in [7, 11) is -9.91. The van der Waals surface area contributed by atoms with Crippen molar-refractivity contribution in [3.05, 3.63) is 0 Å². The fourth-order valence-electron chi connectivity index (χ4n) is 11.4. The lowest BCUT2D eigenvalue weighted by Crippen LogP contribution is -2.30. The second-order valence-electron chi connectivity index (χ2n) is 28.5. The molecule has 0 saturated carbocycles. The number of carbonyl (C=O) groups excluding carboxylic acids is 4. The third-order valence-electron chi connectivity index (χ3n) is 17.4. The van der Waals surface area contributed by atoms with Crippen LogP contribution in [-0.4, -0.2) is 96.7 Å². The van der Waals surface area contributed by atoms with Crippen molar-refractivity contribution in [3.8, 4) is 0 Å². The first-order valence-electron chi connectivity index (χ1n) is 38.8. The van der Waals surface area contributed by atoms with Crippen molar-refractivity contribution in [1.29, 1.82) is 0 Å². The number of hydrogen-bond donors (Lipinski definition) is 3. The average Bonchev–Trinajstić information content (AvgIpc) is 2.56. The number of hydrogen-bond acceptors (Lipinski definition) is 15. The van der Waals surface area contributed by atoms with Gasteiger partial charge in [0.05, 0.1) is 26.4 Å². The summed E-state index contributed by atoms with van der Waals surface area (Å²) in [5.74, 6) is 0.133. The van der Waals surface area contributed by atoms with Crippen LogP contribution in [-0.2, 0) is 65.4 Å². The molecule has 0 bridgehead atoms. The Kier molecular flexibility index (Phi) is 64.3. The normalized spacial score (nSPS) is 14.1. The summed E-state index contributed by atoms with van der Waals surface area (Å²) in [6.45, 7) is 11.9. The molecule has 558 valence electrons. The van der Waals surface area contributed by atoms with Gasteiger partial charge in [0.1, 0.15) is 19.3 Å². The van der Waals surface area contributed by atoms with Gasteiger partial charge in [-0.05, 0) is 43.4 Å². The number of aliphatic hydroxyl groups excluding tert-OH is 1. The minimum Gasteiger partial charge on any atom is -0.462 e. The van der Waals surface area contributed by atoms with Gasteiger partial charge in [0, 0.05) is 25.7 Å². The SMILES string of the molecule is CCCCCCCCCCCCCCCCC(=O)OC[C@H](COP(=O)(O)OC[C@@H](O)COP(=O)(O)OC[C@@H](COC(=O)CCCCCCCCCC(C)C)OC(=O)CCCCCCCCCCCCC(C)C)OC(=O)CCCCCCCCCCCCCCCCC(C)C. The quantitative estimate of drug-likeness (QED) is 0.0222. The van der Waals surface area contributed by atoms with Crippen molar-refractivity contribution >= 4 is 39.5 Å². The molecule has 0 aliphatic rings. The molecule has 0 aliphatic carbocycles. The molecular formula is C75H146O17P2. The van der Waals surface area contributed by atoms with E-state index in [4.69, 9.17) is 37.0 Å². The van der Waals surface area contributed by atoms with E-state index in [0.717, 1.165) is 108 Å². The lowest BCUT2D eigenvalue weighted by Gasteiger charge is -2.21. The Morgan fingerprint density at radius 1 is 0.287 bits per heavy atom. The Morgan fingerprint density at radius 3 is 0.723 bits per heavy atom. The summed E-state index contributed by atoms with van der Waals surface area (Å²) >= 11 is 0. The smallest absolute Gasteiger partial charge is 0.462 e. The molecular weight excluding hydrogens is 1230 g/mol. The van der Waals surface area contributed by atoms with Crippen LogP contribution in [0.15, 0.2) is 0 Å². The van der Waals surface area contributed by atoms with E-state index in [2.05, 4.69) is 48.5 Å². The predicted molar refractivity (Wildman–Crippen MR) is 381 cm³/mol. The standard InChI is InChI=1S/C75H146O17P2/c1-8-9-10-11-12-13-14-15-19-22-28-35-42-49-56-72(77)85-62-70(91-74(79)58-51-44-36-29-23-20-17-16-18-21-26-32-39-46-53-66(2)3)64-89-93(81,82)87-60-69(76)61-88-94(83,84)90-65-71(63-86-73(78)57-50-43-38-31-34-41-48-55-68(6)7)92-75(80)59-52-45-37-30-25-24-27-33-40-47-54-67(4)5/h66-71,76H,8-65H2,1-7H3,(H,81,82)(H,83,84)/t69-,70-,71-/m1/s1. The molecule has 17 nitrogen and oxygen atoms in total.